The van der Waals surface area contributed by atoms with Crippen molar-refractivity contribution in [2.75, 3.05) is 13.7 Å². The van der Waals surface area contributed by atoms with E-state index in [-0.39, 0.29) is 24.0 Å². The Bertz CT molecular complexity index is 436. The molecule has 5 nitrogen and oxygen atoms in total. The Morgan fingerprint density at radius 3 is 2.88 bits per heavy atom. The van der Waals surface area contributed by atoms with Gasteiger partial charge >= 0.3 is 5.97 Å². The van der Waals surface area contributed by atoms with Crippen molar-refractivity contribution in [3.8, 4) is 11.5 Å². The molecule has 17 heavy (non-hydrogen) atoms. The summed E-state index contributed by atoms with van der Waals surface area (Å²) in [5.74, 6) is -0.127. The molecule has 0 aromatic heterocycles. The summed E-state index contributed by atoms with van der Waals surface area (Å²) < 4.78 is 10.4. The Kier molecular flexibility index (Phi) is 4.20. The monoisotopic (exact) mass is 259 g/mol. The number of methoxy groups -OCH3 is 1. The van der Waals surface area contributed by atoms with Crippen LogP contribution in [0.1, 0.15) is 28.4 Å². The molecule has 6 heteroatoms. The molecule has 0 saturated heterocycles. The highest BCUT2D eigenvalue weighted by atomic mass is 35.5. The van der Waals surface area contributed by atoms with Crippen LogP contribution in [0.3, 0.4) is 0 Å². The van der Waals surface area contributed by atoms with Crippen molar-refractivity contribution in [1.82, 2.24) is 0 Å². The van der Waals surface area contributed by atoms with Gasteiger partial charge in [0.2, 0.25) is 0 Å². The molecular weight excluding hydrogens is 246 g/mol. The van der Waals surface area contributed by atoms with E-state index in [4.69, 9.17) is 20.3 Å². The van der Waals surface area contributed by atoms with Crippen molar-refractivity contribution in [3.63, 3.8) is 0 Å². The zero-order valence-electron chi connectivity index (χ0n) is 9.30. The summed E-state index contributed by atoms with van der Waals surface area (Å²) >= 11 is 0. The van der Waals surface area contributed by atoms with Gasteiger partial charge in [-0.3, -0.25) is 0 Å². The molecule has 1 aliphatic rings. The number of ether oxygens (including phenoxy) is 2. The number of hydrogen-bond acceptors (Lipinski definition) is 4. The minimum Gasteiger partial charge on any atom is -0.496 e. The fourth-order valence-corrected chi connectivity index (χ4v) is 1.78. The Morgan fingerprint density at radius 1 is 1.59 bits per heavy atom. The standard InChI is InChI=1S/C11H13NO4.ClH/c1-15-9-5-10-6(4-7(9)11(13)14)8(12)2-3-16-10;/h4-5,8H,2-3,12H2,1H3,(H,13,14);1H/t8-;/m0./s1. The number of nitrogens with two attached hydrogens (primary N) is 1. The van der Waals surface area contributed by atoms with E-state index in [1.54, 1.807) is 6.07 Å². The average Bonchev–Trinajstić information content (AvgIpc) is 2.27. The van der Waals surface area contributed by atoms with Crippen LogP contribution in [-0.2, 0) is 0 Å². The minimum atomic E-state index is -1.03. The molecule has 0 aliphatic carbocycles. The SMILES string of the molecule is COc1cc2c(cc1C(=O)O)[C@@H](N)CCO2.Cl. The first-order valence-corrected chi connectivity index (χ1v) is 4.97. The first-order chi connectivity index (χ1) is 7.63. The van der Waals surface area contributed by atoms with Crippen LogP contribution >= 0.6 is 12.4 Å². The number of rotatable bonds is 2. The molecule has 0 amide bonds. The van der Waals surface area contributed by atoms with Gasteiger partial charge in [-0.05, 0) is 6.07 Å². The topological polar surface area (TPSA) is 81.8 Å². The smallest absolute Gasteiger partial charge is 0.339 e. The number of benzene rings is 1. The second-order valence-corrected chi connectivity index (χ2v) is 3.64. The molecule has 0 spiro atoms. The lowest BCUT2D eigenvalue weighted by Gasteiger charge is -2.24. The highest BCUT2D eigenvalue weighted by molar-refractivity contribution is 5.91. The van der Waals surface area contributed by atoms with Crippen LogP contribution in [0, 0.1) is 0 Å². The summed E-state index contributed by atoms with van der Waals surface area (Å²) in [4.78, 5) is 11.0. The van der Waals surface area contributed by atoms with Crippen molar-refractivity contribution < 1.29 is 19.4 Å². The van der Waals surface area contributed by atoms with Crippen LogP contribution in [0.5, 0.6) is 11.5 Å². The van der Waals surface area contributed by atoms with Crippen molar-refractivity contribution >= 4 is 18.4 Å². The zero-order chi connectivity index (χ0) is 11.7. The normalized spacial score (nSPS) is 17.4. The predicted octanol–water partition coefficient (Wildman–Crippen LogP) is 1.60. The number of carboxylic acids is 1. The van der Waals surface area contributed by atoms with Gasteiger partial charge in [0.1, 0.15) is 17.1 Å². The van der Waals surface area contributed by atoms with E-state index < -0.39 is 5.97 Å². The third-order valence-corrected chi connectivity index (χ3v) is 2.65. The van der Waals surface area contributed by atoms with Crippen molar-refractivity contribution in [3.05, 3.63) is 23.3 Å². The van der Waals surface area contributed by atoms with Gasteiger partial charge in [0, 0.05) is 24.1 Å². The maximum absolute atomic E-state index is 11.0. The molecule has 1 aromatic rings. The highest BCUT2D eigenvalue weighted by Gasteiger charge is 2.23. The van der Waals surface area contributed by atoms with E-state index in [1.807, 2.05) is 0 Å². The molecule has 0 bridgehead atoms. The number of fused-ring (bicyclic) bond motifs is 1. The minimum absolute atomic E-state index is 0. The number of carbonyl (C=O) groups is 1. The molecule has 1 heterocycles. The maximum atomic E-state index is 11.0. The van der Waals surface area contributed by atoms with E-state index in [0.29, 0.717) is 24.5 Å². The van der Waals surface area contributed by atoms with Crippen molar-refractivity contribution in [1.29, 1.82) is 0 Å². The van der Waals surface area contributed by atoms with Crippen LogP contribution in [0.2, 0.25) is 0 Å². The molecular formula is C11H14ClNO4. The fourth-order valence-electron chi connectivity index (χ4n) is 1.78. The summed E-state index contributed by atoms with van der Waals surface area (Å²) in [6.45, 7) is 0.545. The predicted molar refractivity (Wildman–Crippen MR) is 64.2 cm³/mol. The highest BCUT2D eigenvalue weighted by Crippen LogP contribution is 2.36. The first-order valence-electron chi connectivity index (χ1n) is 4.97. The molecule has 3 N–H and O–H groups in total. The van der Waals surface area contributed by atoms with Crippen LogP contribution in [0.25, 0.3) is 0 Å². The second kappa shape index (κ2) is 5.25. The van der Waals surface area contributed by atoms with Crippen LogP contribution < -0.4 is 15.2 Å². The quantitative estimate of drug-likeness (QED) is 0.843. The molecule has 1 aromatic carbocycles. The summed E-state index contributed by atoms with van der Waals surface area (Å²) in [5, 5.41) is 9.02. The van der Waals surface area contributed by atoms with Crippen LogP contribution in [-0.4, -0.2) is 24.8 Å². The van der Waals surface area contributed by atoms with Gasteiger partial charge < -0.3 is 20.3 Å². The van der Waals surface area contributed by atoms with E-state index >= 15 is 0 Å². The van der Waals surface area contributed by atoms with E-state index in [0.717, 1.165) is 5.56 Å². The summed E-state index contributed by atoms with van der Waals surface area (Å²) in [7, 11) is 1.43. The first kappa shape index (κ1) is 13.6. The number of carboxylic acid groups (broad SMARTS) is 1. The molecule has 2 rings (SSSR count). The Labute approximate surface area is 105 Å². The number of hydrogen-bond donors (Lipinski definition) is 2. The molecule has 0 saturated carbocycles. The number of halogens is 1. The Morgan fingerprint density at radius 2 is 2.29 bits per heavy atom. The Hall–Kier alpha value is -1.46. The van der Waals surface area contributed by atoms with Gasteiger partial charge in [-0.25, -0.2) is 4.79 Å². The summed E-state index contributed by atoms with van der Waals surface area (Å²) in [6.07, 6.45) is 0.693. The lowest BCUT2D eigenvalue weighted by molar-refractivity contribution is 0.0693. The summed E-state index contributed by atoms with van der Waals surface area (Å²) in [5.41, 5.74) is 6.73. The van der Waals surface area contributed by atoms with E-state index in [2.05, 4.69) is 0 Å². The zero-order valence-corrected chi connectivity index (χ0v) is 10.1. The lowest BCUT2D eigenvalue weighted by Crippen LogP contribution is -2.21. The van der Waals surface area contributed by atoms with Gasteiger partial charge in [-0.15, -0.1) is 12.4 Å². The average molecular weight is 260 g/mol. The lowest BCUT2D eigenvalue weighted by atomic mass is 9.98. The molecule has 1 aliphatic heterocycles. The fraction of sp³-hybridized carbons (Fsp3) is 0.364. The second-order valence-electron chi connectivity index (χ2n) is 3.64. The Balaban J connectivity index is 0.00000144. The van der Waals surface area contributed by atoms with Gasteiger partial charge in [0.15, 0.2) is 0 Å². The molecule has 0 unspecified atom stereocenters. The number of aromatic carboxylic acids is 1. The third kappa shape index (κ3) is 2.45. The van der Waals surface area contributed by atoms with Crippen LogP contribution in [0.15, 0.2) is 12.1 Å². The van der Waals surface area contributed by atoms with Gasteiger partial charge in [-0.2, -0.15) is 0 Å². The largest absolute Gasteiger partial charge is 0.496 e. The molecule has 0 fully saturated rings. The van der Waals surface area contributed by atoms with Gasteiger partial charge in [-0.1, -0.05) is 0 Å². The maximum Gasteiger partial charge on any atom is 0.339 e. The van der Waals surface area contributed by atoms with Crippen molar-refractivity contribution in [2.45, 2.75) is 12.5 Å². The van der Waals surface area contributed by atoms with E-state index in [9.17, 15) is 4.79 Å². The third-order valence-electron chi connectivity index (χ3n) is 2.65. The van der Waals surface area contributed by atoms with Crippen molar-refractivity contribution in [2.24, 2.45) is 5.73 Å². The molecule has 94 valence electrons. The van der Waals surface area contributed by atoms with Gasteiger partial charge in [0.05, 0.1) is 13.7 Å². The van der Waals surface area contributed by atoms with Gasteiger partial charge in [0.25, 0.3) is 0 Å². The summed E-state index contributed by atoms with van der Waals surface area (Å²) in [6, 6.07) is 2.94. The van der Waals surface area contributed by atoms with E-state index in [1.165, 1.54) is 13.2 Å². The van der Waals surface area contributed by atoms with Crippen LogP contribution in [0.4, 0.5) is 0 Å². The molecule has 1 atom stereocenters. The molecule has 0 radical (unpaired) electrons.